The Kier molecular flexibility index (Phi) is 37.1. The summed E-state index contributed by atoms with van der Waals surface area (Å²) >= 11 is 0. The maximum Gasteiger partial charge on any atom is 0.472 e. The fourth-order valence-electron chi connectivity index (χ4n) is 5.40. The second kappa shape index (κ2) is 39.0. The van der Waals surface area contributed by atoms with E-state index in [1.807, 2.05) is 0 Å². The van der Waals surface area contributed by atoms with Crippen LogP contribution in [0.5, 0.6) is 0 Å². The van der Waals surface area contributed by atoms with Gasteiger partial charge in [-0.3, -0.25) is 23.4 Å². The number of esters is 2. The van der Waals surface area contributed by atoms with Gasteiger partial charge in [-0.1, -0.05) is 139 Å². The summed E-state index contributed by atoms with van der Waals surface area (Å²) in [5.74, 6) is -2.43. The van der Waals surface area contributed by atoms with Crippen LogP contribution >= 0.6 is 7.82 Å². The van der Waals surface area contributed by atoms with Crippen molar-refractivity contribution in [1.29, 1.82) is 0 Å². The highest BCUT2D eigenvalue weighted by atomic mass is 31.2. The van der Waals surface area contributed by atoms with Crippen LogP contribution < -0.4 is 5.73 Å². The molecule has 0 bridgehead atoms. The lowest BCUT2D eigenvalue weighted by atomic mass is 10.1. The lowest BCUT2D eigenvalue weighted by Crippen LogP contribution is -2.34. The van der Waals surface area contributed by atoms with Crippen molar-refractivity contribution in [2.75, 3.05) is 19.8 Å². The molecule has 0 aliphatic heterocycles. The van der Waals surface area contributed by atoms with Crippen molar-refractivity contribution >= 4 is 25.7 Å². The Balaban J connectivity index is 4.45. The first-order chi connectivity index (χ1) is 27.1. The molecule has 0 aromatic carbocycles. The van der Waals surface area contributed by atoms with Crippen molar-refractivity contribution in [3.05, 3.63) is 60.8 Å². The van der Waals surface area contributed by atoms with Gasteiger partial charge in [0.1, 0.15) is 12.6 Å². The number of phosphoric acid groups is 1. The summed E-state index contributed by atoms with van der Waals surface area (Å²) in [5, 5.41) is 8.88. The molecule has 0 aliphatic rings. The zero-order chi connectivity index (χ0) is 41.4. The maximum absolute atomic E-state index is 12.6. The van der Waals surface area contributed by atoms with Crippen molar-refractivity contribution in [3.8, 4) is 0 Å². The number of allylic oxidation sites excluding steroid dienone is 10. The number of carbonyl (C=O) groups is 3. The van der Waals surface area contributed by atoms with E-state index in [1.54, 1.807) is 0 Å². The number of carboxylic acid groups (broad SMARTS) is 1. The zero-order valence-corrected chi connectivity index (χ0v) is 35.6. The van der Waals surface area contributed by atoms with E-state index in [0.29, 0.717) is 12.8 Å². The number of hydrogen-bond acceptors (Lipinski definition) is 9. The van der Waals surface area contributed by atoms with Crippen molar-refractivity contribution < 1.29 is 47.5 Å². The van der Waals surface area contributed by atoms with Gasteiger partial charge in [-0.2, -0.15) is 0 Å². The largest absolute Gasteiger partial charge is 0.480 e. The molecule has 0 spiro atoms. The fourth-order valence-corrected chi connectivity index (χ4v) is 6.18. The first-order valence-corrected chi connectivity index (χ1v) is 22.8. The summed E-state index contributed by atoms with van der Waals surface area (Å²) < 4.78 is 32.6. The third kappa shape index (κ3) is 38.1. The van der Waals surface area contributed by atoms with Gasteiger partial charge in [0.05, 0.1) is 13.2 Å². The Morgan fingerprint density at radius 2 is 1.00 bits per heavy atom. The Labute approximate surface area is 338 Å². The number of hydrogen-bond donors (Lipinski definition) is 3. The van der Waals surface area contributed by atoms with Crippen LogP contribution in [0.25, 0.3) is 0 Å². The van der Waals surface area contributed by atoms with Crippen molar-refractivity contribution in [2.24, 2.45) is 5.73 Å². The van der Waals surface area contributed by atoms with Gasteiger partial charge in [0.25, 0.3) is 0 Å². The number of aliphatic carboxylic acids is 1. The van der Waals surface area contributed by atoms with Crippen molar-refractivity contribution in [1.82, 2.24) is 0 Å². The van der Waals surface area contributed by atoms with Crippen LogP contribution in [0.4, 0.5) is 0 Å². The highest BCUT2D eigenvalue weighted by Crippen LogP contribution is 2.43. The molecule has 12 heteroatoms. The van der Waals surface area contributed by atoms with Crippen LogP contribution in [0.1, 0.15) is 168 Å². The molecule has 1 unspecified atom stereocenters. The Morgan fingerprint density at radius 3 is 1.52 bits per heavy atom. The third-order valence-corrected chi connectivity index (χ3v) is 9.70. The minimum Gasteiger partial charge on any atom is -0.480 e. The quantitative estimate of drug-likeness (QED) is 0.0233. The van der Waals surface area contributed by atoms with Gasteiger partial charge >= 0.3 is 25.7 Å². The molecular formula is C44H76NO10P. The molecule has 0 fully saturated rings. The molecule has 4 N–H and O–H groups in total. The average molecular weight is 810 g/mol. The predicted octanol–water partition coefficient (Wildman–Crippen LogP) is 11.2. The molecule has 3 atom stereocenters. The van der Waals surface area contributed by atoms with Crippen molar-refractivity contribution in [3.63, 3.8) is 0 Å². The number of carboxylic acids is 1. The monoisotopic (exact) mass is 810 g/mol. The number of phosphoric ester groups is 1. The van der Waals surface area contributed by atoms with E-state index < -0.39 is 51.1 Å². The number of ether oxygens (including phenoxy) is 2. The van der Waals surface area contributed by atoms with Crippen LogP contribution in [0.3, 0.4) is 0 Å². The molecule has 0 aromatic heterocycles. The SMILES string of the molecule is CC/C=C\C/C=C\C/C=C\C/C=C\CCCCCCC(=O)O[C@H](COC(=O)CCCCCCC/C=C\CCCCCCCC)COP(=O)(O)OC[C@H](N)C(=O)O. The minimum atomic E-state index is -4.73. The molecule has 56 heavy (non-hydrogen) atoms. The smallest absolute Gasteiger partial charge is 0.472 e. The van der Waals surface area contributed by atoms with Crippen LogP contribution in [-0.2, 0) is 37.5 Å². The van der Waals surface area contributed by atoms with E-state index in [2.05, 4.69) is 79.1 Å². The molecule has 0 amide bonds. The molecule has 0 radical (unpaired) electrons. The summed E-state index contributed by atoms with van der Waals surface area (Å²) in [6.45, 7) is 2.64. The van der Waals surface area contributed by atoms with E-state index in [4.69, 9.17) is 24.8 Å². The highest BCUT2D eigenvalue weighted by Gasteiger charge is 2.28. The van der Waals surface area contributed by atoms with Crippen LogP contribution in [0, 0.1) is 0 Å². The van der Waals surface area contributed by atoms with E-state index in [0.717, 1.165) is 89.9 Å². The summed E-state index contributed by atoms with van der Waals surface area (Å²) in [6, 6.07) is -1.53. The number of unbranched alkanes of at least 4 members (excludes halogenated alkanes) is 15. The minimum absolute atomic E-state index is 0.129. The first kappa shape index (κ1) is 53.2. The predicted molar refractivity (Wildman–Crippen MR) is 226 cm³/mol. The topological polar surface area (TPSA) is 172 Å². The number of carbonyl (C=O) groups excluding carboxylic acids is 2. The van der Waals surface area contributed by atoms with Gasteiger partial charge in [-0.05, 0) is 77.0 Å². The number of rotatable bonds is 39. The second-order valence-corrected chi connectivity index (χ2v) is 15.5. The second-order valence-electron chi connectivity index (χ2n) is 14.1. The number of nitrogens with two attached hydrogens (primary N) is 1. The molecule has 0 saturated carbocycles. The fraction of sp³-hybridized carbons (Fsp3) is 0.705. The summed E-state index contributed by atoms with van der Waals surface area (Å²) in [4.78, 5) is 45.9. The Bertz CT molecular complexity index is 1180. The summed E-state index contributed by atoms with van der Waals surface area (Å²) in [7, 11) is -4.73. The lowest BCUT2D eigenvalue weighted by Gasteiger charge is -2.20. The van der Waals surface area contributed by atoms with Crippen LogP contribution in [-0.4, -0.2) is 59.9 Å². The summed E-state index contributed by atoms with van der Waals surface area (Å²) in [5.41, 5.74) is 5.33. The first-order valence-electron chi connectivity index (χ1n) is 21.3. The maximum atomic E-state index is 12.6. The van der Waals surface area contributed by atoms with Gasteiger partial charge in [-0.15, -0.1) is 0 Å². The highest BCUT2D eigenvalue weighted by molar-refractivity contribution is 7.47. The molecular weight excluding hydrogens is 733 g/mol. The standard InChI is InChI=1S/C44H76NO10P/c1-3-5-7-9-11-13-15-17-19-20-22-24-26-28-30-32-34-36-43(47)55-40(38-53-56(50,51)54-39-41(45)44(48)49)37-52-42(46)35-33-31-29-27-25-23-21-18-16-14-12-10-8-6-4-2/h5,7,11,13,17-19,21-22,24,40-41H,3-4,6,8-10,12,14-16,20,23,25-39,45H2,1-2H3,(H,48,49)(H,50,51)/b7-5-,13-11-,19-17-,21-18-,24-22-/t40-,41+/m1/s1. The molecule has 0 saturated heterocycles. The van der Waals surface area contributed by atoms with Gasteiger partial charge in [-0.25, -0.2) is 4.57 Å². The van der Waals surface area contributed by atoms with Crippen LogP contribution in [0.2, 0.25) is 0 Å². The summed E-state index contributed by atoms with van der Waals surface area (Å²) in [6.07, 6.45) is 44.2. The van der Waals surface area contributed by atoms with Gasteiger partial charge in [0, 0.05) is 12.8 Å². The zero-order valence-electron chi connectivity index (χ0n) is 34.7. The molecule has 11 nitrogen and oxygen atoms in total. The Hall–Kier alpha value is -2.82. The molecule has 0 aliphatic carbocycles. The van der Waals surface area contributed by atoms with E-state index >= 15 is 0 Å². The van der Waals surface area contributed by atoms with Gasteiger partial charge in [0.15, 0.2) is 6.10 Å². The lowest BCUT2D eigenvalue weighted by molar-refractivity contribution is -0.161. The average Bonchev–Trinajstić information content (AvgIpc) is 3.17. The molecule has 0 aromatic rings. The van der Waals surface area contributed by atoms with Gasteiger partial charge in [0.2, 0.25) is 0 Å². The molecule has 0 rings (SSSR count). The Morgan fingerprint density at radius 1 is 0.571 bits per heavy atom. The van der Waals surface area contributed by atoms with E-state index in [9.17, 15) is 23.8 Å². The molecule has 322 valence electrons. The van der Waals surface area contributed by atoms with Crippen LogP contribution in [0.15, 0.2) is 60.8 Å². The van der Waals surface area contributed by atoms with E-state index in [1.165, 1.54) is 38.5 Å². The normalized spacial score (nSPS) is 14.4. The van der Waals surface area contributed by atoms with Crippen molar-refractivity contribution in [2.45, 2.75) is 180 Å². The molecule has 0 heterocycles. The van der Waals surface area contributed by atoms with E-state index in [-0.39, 0.29) is 19.4 Å². The van der Waals surface area contributed by atoms with Gasteiger partial charge < -0.3 is 25.2 Å². The third-order valence-electron chi connectivity index (χ3n) is 8.75.